The number of aromatic nitrogens is 1. The highest BCUT2D eigenvalue weighted by Crippen LogP contribution is 2.07. The van der Waals surface area contributed by atoms with Crippen molar-refractivity contribution in [1.82, 2.24) is 10.4 Å². The standard InChI is InChI=1S/C8H11F2N3/c9-8(10)7(13-11)4-6-2-1-3-12-5-6/h1-3,5,7-8,13H,4,11H2. The Bertz CT molecular complexity index is 240. The molecule has 3 N–H and O–H groups in total. The molecule has 13 heavy (non-hydrogen) atoms. The first-order valence-corrected chi connectivity index (χ1v) is 3.87. The lowest BCUT2D eigenvalue weighted by Crippen LogP contribution is -2.42. The molecular weight excluding hydrogens is 176 g/mol. The number of nitrogens with one attached hydrogen (secondary N) is 1. The zero-order valence-corrected chi connectivity index (χ0v) is 6.95. The van der Waals surface area contributed by atoms with Crippen LogP contribution < -0.4 is 11.3 Å². The van der Waals surface area contributed by atoms with E-state index in [2.05, 4.69) is 10.4 Å². The van der Waals surface area contributed by atoms with Crippen LogP contribution in [0.4, 0.5) is 8.78 Å². The molecule has 0 amide bonds. The summed E-state index contributed by atoms with van der Waals surface area (Å²) < 4.78 is 24.4. The third kappa shape index (κ3) is 3.04. The molecule has 0 saturated heterocycles. The fraction of sp³-hybridized carbons (Fsp3) is 0.375. The number of hydrazine groups is 1. The summed E-state index contributed by atoms with van der Waals surface area (Å²) in [6, 6.07) is 2.43. The molecule has 1 aromatic heterocycles. The zero-order chi connectivity index (χ0) is 9.68. The first kappa shape index (κ1) is 10.0. The van der Waals surface area contributed by atoms with E-state index in [0.717, 1.165) is 5.56 Å². The van der Waals surface area contributed by atoms with Crippen LogP contribution in [0.15, 0.2) is 24.5 Å². The Labute approximate surface area is 74.9 Å². The molecule has 0 aliphatic rings. The molecule has 5 heteroatoms. The largest absolute Gasteiger partial charge is 0.271 e. The molecule has 1 heterocycles. The summed E-state index contributed by atoms with van der Waals surface area (Å²) in [4.78, 5) is 3.82. The molecule has 1 aromatic rings. The molecule has 0 radical (unpaired) electrons. The normalized spacial score (nSPS) is 13.2. The zero-order valence-electron chi connectivity index (χ0n) is 6.95. The van der Waals surface area contributed by atoms with Crippen LogP contribution in [0.2, 0.25) is 0 Å². The lowest BCUT2D eigenvalue weighted by Gasteiger charge is -2.13. The molecule has 0 spiro atoms. The van der Waals surface area contributed by atoms with Crippen molar-refractivity contribution in [2.75, 3.05) is 0 Å². The van der Waals surface area contributed by atoms with Crippen LogP contribution in [0.1, 0.15) is 5.56 Å². The van der Waals surface area contributed by atoms with E-state index in [1.807, 2.05) is 0 Å². The third-order valence-electron chi connectivity index (χ3n) is 1.70. The van der Waals surface area contributed by atoms with Gasteiger partial charge in [-0.2, -0.15) is 0 Å². The van der Waals surface area contributed by atoms with Crippen molar-refractivity contribution < 1.29 is 8.78 Å². The summed E-state index contributed by atoms with van der Waals surface area (Å²) in [5.41, 5.74) is 2.81. The van der Waals surface area contributed by atoms with E-state index < -0.39 is 12.5 Å². The van der Waals surface area contributed by atoms with E-state index in [1.165, 1.54) is 0 Å². The van der Waals surface area contributed by atoms with Crippen LogP contribution >= 0.6 is 0 Å². The minimum Gasteiger partial charge on any atom is -0.271 e. The van der Waals surface area contributed by atoms with E-state index in [0.29, 0.717) is 0 Å². The maximum Gasteiger partial charge on any atom is 0.255 e. The van der Waals surface area contributed by atoms with Gasteiger partial charge in [0.1, 0.15) is 0 Å². The van der Waals surface area contributed by atoms with Crippen molar-refractivity contribution in [3.63, 3.8) is 0 Å². The summed E-state index contributed by atoms with van der Waals surface area (Å²) in [5.74, 6) is 4.97. The van der Waals surface area contributed by atoms with E-state index in [4.69, 9.17) is 5.84 Å². The number of alkyl halides is 2. The maximum atomic E-state index is 12.2. The van der Waals surface area contributed by atoms with Crippen molar-refractivity contribution in [3.05, 3.63) is 30.1 Å². The van der Waals surface area contributed by atoms with Gasteiger partial charge in [-0.05, 0) is 18.1 Å². The van der Waals surface area contributed by atoms with Crippen molar-refractivity contribution in [3.8, 4) is 0 Å². The first-order chi connectivity index (χ1) is 6.24. The van der Waals surface area contributed by atoms with Gasteiger partial charge >= 0.3 is 0 Å². The van der Waals surface area contributed by atoms with Gasteiger partial charge in [0, 0.05) is 12.4 Å². The Morgan fingerprint density at radius 1 is 1.54 bits per heavy atom. The maximum absolute atomic E-state index is 12.2. The minimum atomic E-state index is -2.47. The quantitative estimate of drug-likeness (QED) is 0.539. The fourth-order valence-electron chi connectivity index (χ4n) is 0.994. The molecule has 0 aliphatic carbocycles. The summed E-state index contributed by atoms with van der Waals surface area (Å²) in [5, 5.41) is 0. The van der Waals surface area contributed by atoms with Crippen LogP contribution in [0.5, 0.6) is 0 Å². The molecule has 1 rings (SSSR count). The Morgan fingerprint density at radius 3 is 2.77 bits per heavy atom. The minimum absolute atomic E-state index is 0.183. The van der Waals surface area contributed by atoms with E-state index in [-0.39, 0.29) is 6.42 Å². The van der Waals surface area contributed by atoms with Gasteiger partial charge in [-0.15, -0.1) is 0 Å². The third-order valence-corrected chi connectivity index (χ3v) is 1.70. The van der Waals surface area contributed by atoms with Crippen molar-refractivity contribution in [1.29, 1.82) is 0 Å². The van der Waals surface area contributed by atoms with Crippen LogP contribution in [-0.2, 0) is 6.42 Å². The van der Waals surface area contributed by atoms with Gasteiger partial charge in [0.15, 0.2) is 0 Å². The van der Waals surface area contributed by atoms with E-state index >= 15 is 0 Å². The molecule has 0 aliphatic heterocycles. The predicted octanol–water partition coefficient (Wildman–Crippen LogP) is 0.721. The highest BCUT2D eigenvalue weighted by Gasteiger charge is 2.18. The van der Waals surface area contributed by atoms with E-state index in [1.54, 1.807) is 24.5 Å². The molecule has 1 unspecified atom stereocenters. The first-order valence-electron chi connectivity index (χ1n) is 3.87. The highest BCUT2D eigenvalue weighted by atomic mass is 19.3. The highest BCUT2D eigenvalue weighted by molar-refractivity contribution is 5.10. The number of rotatable bonds is 4. The van der Waals surface area contributed by atoms with Gasteiger partial charge < -0.3 is 0 Å². The fourth-order valence-corrected chi connectivity index (χ4v) is 0.994. The number of nitrogens with two attached hydrogens (primary N) is 1. The predicted molar refractivity (Wildman–Crippen MR) is 45.1 cm³/mol. The molecule has 0 saturated carbocycles. The molecule has 0 bridgehead atoms. The Balaban J connectivity index is 2.57. The van der Waals surface area contributed by atoms with Gasteiger partial charge in [0.2, 0.25) is 0 Å². The summed E-state index contributed by atoms with van der Waals surface area (Å²) in [6.07, 6.45) is 0.857. The molecule has 3 nitrogen and oxygen atoms in total. The second kappa shape index (κ2) is 4.84. The summed E-state index contributed by atoms with van der Waals surface area (Å²) >= 11 is 0. The number of pyridine rings is 1. The van der Waals surface area contributed by atoms with Crippen molar-refractivity contribution in [2.24, 2.45) is 5.84 Å². The summed E-state index contributed by atoms with van der Waals surface area (Å²) in [6.45, 7) is 0. The van der Waals surface area contributed by atoms with Crippen molar-refractivity contribution in [2.45, 2.75) is 18.9 Å². The number of halogens is 2. The summed E-state index contributed by atoms with van der Waals surface area (Å²) in [7, 11) is 0. The van der Waals surface area contributed by atoms with Gasteiger partial charge in [0.05, 0.1) is 6.04 Å². The monoisotopic (exact) mass is 187 g/mol. The Hall–Kier alpha value is -1.07. The Kier molecular flexibility index (Phi) is 3.72. The van der Waals surface area contributed by atoms with Crippen LogP contribution in [0.25, 0.3) is 0 Å². The van der Waals surface area contributed by atoms with Gasteiger partial charge in [0.25, 0.3) is 6.43 Å². The number of hydrogen-bond acceptors (Lipinski definition) is 3. The second-order valence-corrected chi connectivity index (χ2v) is 2.67. The molecule has 0 fully saturated rings. The van der Waals surface area contributed by atoms with Crippen LogP contribution in [0, 0.1) is 0 Å². The average molecular weight is 187 g/mol. The number of hydrogen-bond donors (Lipinski definition) is 2. The van der Waals surface area contributed by atoms with E-state index in [9.17, 15) is 8.78 Å². The lowest BCUT2D eigenvalue weighted by atomic mass is 10.1. The van der Waals surface area contributed by atoms with Gasteiger partial charge in [-0.3, -0.25) is 16.3 Å². The molecular formula is C8H11F2N3. The van der Waals surface area contributed by atoms with Gasteiger partial charge in [-0.25, -0.2) is 8.78 Å². The van der Waals surface area contributed by atoms with Gasteiger partial charge in [-0.1, -0.05) is 6.07 Å². The molecule has 72 valence electrons. The number of nitrogens with zero attached hydrogens (tertiary/aromatic N) is 1. The lowest BCUT2D eigenvalue weighted by molar-refractivity contribution is 0.0984. The smallest absolute Gasteiger partial charge is 0.255 e. The Morgan fingerprint density at radius 2 is 2.31 bits per heavy atom. The molecule has 0 aromatic carbocycles. The molecule has 1 atom stereocenters. The average Bonchev–Trinajstić information content (AvgIpc) is 2.15. The van der Waals surface area contributed by atoms with Crippen LogP contribution in [0.3, 0.4) is 0 Å². The SMILES string of the molecule is NNC(Cc1cccnc1)C(F)F. The second-order valence-electron chi connectivity index (χ2n) is 2.67. The van der Waals surface area contributed by atoms with Crippen molar-refractivity contribution >= 4 is 0 Å². The topological polar surface area (TPSA) is 50.9 Å². The van der Waals surface area contributed by atoms with Crippen LogP contribution in [-0.4, -0.2) is 17.5 Å².